The Bertz CT molecular complexity index is 1240. The van der Waals surface area contributed by atoms with E-state index in [4.69, 9.17) is 0 Å². The van der Waals surface area contributed by atoms with Crippen LogP contribution in [-0.4, -0.2) is 55.8 Å². The number of nitrogens with zero attached hydrogens (tertiary/aromatic N) is 5. The monoisotopic (exact) mass is 459 g/mol. The van der Waals surface area contributed by atoms with E-state index in [9.17, 15) is 9.59 Å². The van der Waals surface area contributed by atoms with Gasteiger partial charge in [0.05, 0.1) is 5.69 Å². The summed E-state index contributed by atoms with van der Waals surface area (Å²) in [7, 11) is 0. The number of piperidine rings is 1. The predicted molar refractivity (Wildman–Crippen MR) is 130 cm³/mol. The first kappa shape index (κ1) is 22.6. The predicted octanol–water partition coefficient (Wildman–Crippen LogP) is 3.41. The Morgan fingerprint density at radius 2 is 1.74 bits per heavy atom. The maximum Gasteiger partial charge on any atom is 0.226 e. The summed E-state index contributed by atoms with van der Waals surface area (Å²) in [6, 6.07) is 10.4. The fraction of sp³-hybridized carbons (Fsp3) is 0.481. The zero-order chi connectivity index (χ0) is 23.8. The normalized spacial score (nSPS) is 16.7. The van der Waals surface area contributed by atoms with Crippen LogP contribution in [0.15, 0.2) is 30.3 Å². The number of benzene rings is 1. The summed E-state index contributed by atoms with van der Waals surface area (Å²) in [5, 5.41) is 4.53. The number of rotatable bonds is 4. The molecule has 1 saturated heterocycles. The van der Waals surface area contributed by atoms with E-state index in [1.165, 1.54) is 11.1 Å². The van der Waals surface area contributed by atoms with Crippen molar-refractivity contribution in [3.63, 3.8) is 0 Å². The average Bonchev–Trinajstić information content (AvgIpc) is 3.23. The molecule has 5 rings (SSSR count). The zero-order valence-corrected chi connectivity index (χ0v) is 20.4. The van der Waals surface area contributed by atoms with Gasteiger partial charge in [0.15, 0.2) is 5.65 Å². The second kappa shape index (κ2) is 9.20. The molecule has 0 radical (unpaired) electrons. The van der Waals surface area contributed by atoms with E-state index in [1.54, 1.807) is 0 Å². The van der Waals surface area contributed by atoms with Crippen molar-refractivity contribution in [3.8, 4) is 0 Å². The Labute approximate surface area is 200 Å². The van der Waals surface area contributed by atoms with E-state index < -0.39 is 0 Å². The molecular formula is C27H33N5O2. The number of aromatic nitrogens is 3. The van der Waals surface area contributed by atoms with E-state index >= 15 is 0 Å². The van der Waals surface area contributed by atoms with Crippen LogP contribution < -0.4 is 0 Å². The first-order chi connectivity index (χ1) is 16.4. The van der Waals surface area contributed by atoms with Crippen LogP contribution >= 0.6 is 0 Å². The topological polar surface area (TPSA) is 70.8 Å². The minimum atomic E-state index is 0.0217. The second-order valence-corrected chi connectivity index (χ2v) is 9.75. The van der Waals surface area contributed by atoms with Gasteiger partial charge in [0.2, 0.25) is 11.8 Å². The lowest BCUT2D eigenvalue weighted by molar-refractivity contribution is -0.141. The van der Waals surface area contributed by atoms with Gasteiger partial charge in [-0.25, -0.2) is 9.50 Å². The fourth-order valence-electron chi connectivity index (χ4n) is 5.51. The fourth-order valence-corrected chi connectivity index (χ4v) is 5.51. The molecule has 0 bridgehead atoms. The summed E-state index contributed by atoms with van der Waals surface area (Å²) in [5.41, 5.74) is 7.52. The second-order valence-electron chi connectivity index (χ2n) is 9.75. The molecule has 7 nitrogen and oxygen atoms in total. The molecule has 0 N–H and O–H groups in total. The van der Waals surface area contributed by atoms with Gasteiger partial charge in [-0.15, -0.1) is 0 Å². The molecule has 2 aromatic heterocycles. The summed E-state index contributed by atoms with van der Waals surface area (Å²) in [5.74, 6) is 0.434. The lowest BCUT2D eigenvalue weighted by Gasteiger charge is -2.36. The summed E-state index contributed by atoms with van der Waals surface area (Å²) in [6.07, 6.45) is 3.54. The van der Waals surface area contributed by atoms with E-state index in [0.29, 0.717) is 32.5 Å². The van der Waals surface area contributed by atoms with Gasteiger partial charge in [-0.1, -0.05) is 24.3 Å². The van der Waals surface area contributed by atoms with Crippen molar-refractivity contribution >= 4 is 17.5 Å². The molecule has 0 saturated carbocycles. The van der Waals surface area contributed by atoms with Crippen LogP contribution in [0.1, 0.15) is 53.0 Å². The Kier molecular flexibility index (Phi) is 6.11. The van der Waals surface area contributed by atoms with Crippen LogP contribution in [0.4, 0.5) is 0 Å². The third kappa shape index (κ3) is 4.31. The molecule has 3 aromatic rings. The number of fused-ring (bicyclic) bond motifs is 2. The number of aryl methyl sites for hydroxylation is 3. The van der Waals surface area contributed by atoms with Gasteiger partial charge in [-0.2, -0.15) is 5.10 Å². The molecule has 2 aliphatic heterocycles. The molecule has 7 heteroatoms. The third-order valence-corrected chi connectivity index (χ3v) is 7.51. The van der Waals surface area contributed by atoms with E-state index in [2.05, 4.69) is 28.3 Å². The molecular weight excluding hydrogens is 426 g/mol. The number of hydrogen-bond acceptors (Lipinski definition) is 4. The minimum Gasteiger partial charge on any atom is -0.343 e. The van der Waals surface area contributed by atoms with Crippen LogP contribution in [0.3, 0.4) is 0 Å². The van der Waals surface area contributed by atoms with Crippen molar-refractivity contribution < 1.29 is 9.59 Å². The van der Waals surface area contributed by atoms with Crippen LogP contribution in [0.5, 0.6) is 0 Å². The summed E-state index contributed by atoms with van der Waals surface area (Å²) < 4.78 is 1.87. The van der Waals surface area contributed by atoms with E-state index in [0.717, 1.165) is 54.1 Å². The quantitative estimate of drug-likeness (QED) is 0.600. The third-order valence-electron chi connectivity index (χ3n) is 7.51. The van der Waals surface area contributed by atoms with Crippen LogP contribution in [0, 0.1) is 26.7 Å². The lowest BCUT2D eigenvalue weighted by atomic mass is 9.92. The smallest absolute Gasteiger partial charge is 0.226 e. The summed E-state index contributed by atoms with van der Waals surface area (Å²) in [6.45, 7) is 8.84. The molecule has 2 amide bonds. The first-order valence-corrected chi connectivity index (χ1v) is 12.4. The Morgan fingerprint density at radius 3 is 2.50 bits per heavy atom. The van der Waals surface area contributed by atoms with Crippen molar-refractivity contribution in [1.29, 1.82) is 0 Å². The lowest BCUT2D eigenvalue weighted by Crippen LogP contribution is -2.45. The molecule has 34 heavy (non-hydrogen) atoms. The van der Waals surface area contributed by atoms with Gasteiger partial charge in [-0.3, -0.25) is 9.59 Å². The van der Waals surface area contributed by atoms with Crippen molar-refractivity contribution in [1.82, 2.24) is 24.4 Å². The summed E-state index contributed by atoms with van der Waals surface area (Å²) in [4.78, 5) is 34.7. The molecule has 178 valence electrons. The maximum absolute atomic E-state index is 13.1. The van der Waals surface area contributed by atoms with E-state index in [1.807, 2.05) is 47.2 Å². The van der Waals surface area contributed by atoms with Gasteiger partial charge in [0.25, 0.3) is 0 Å². The molecule has 0 unspecified atom stereocenters. The number of hydrogen-bond donors (Lipinski definition) is 0. The molecule has 0 atom stereocenters. The average molecular weight is 460 g/mol. The highest BCUT2D eigenvalue weighted by Gasteiger charge is 2.31. The van der Waals surface area contributed by atoms with Gasteiger partial charge in [0.1, 0.15) is 0 Å². The summed E-state index contributed by atoms with van der Waals surface area (Å²) >= 11 is 0. The van der Waals surface area contributed by atoms with Crippen LogP contribution in [0.25, 0.3) is 5.65 Å². The largest absolute Gasteiger partial charge is 0.343 e. The standard InChI is InChI=1S/C27H33N5O2/c1-18-16-25-28-19(2)24(20(3)32(25)29-18)8-9-26(33)30-13-11-22(12-14-30)27(34)31-15-10-21-6-4-5-7-23(21)17-31/h4-7,16,22H,8-15,17H2,1-3H3. The van der Waals surface area contributed by atoms with Gasteiger partial charge in [-0.05, 0) is 63.1 Å². The number of carbonyl (C=O) groups is 2. The van der Waals surface area contributed by atoms with Gasteiger partial charge >= 0.3 is 0 Å². The molecule has 1 aromatic carbocycles. The highest BCUT2D eigenvalue weighted by atomic mass is 16.2. The van der Waals surface area contributed by atoms with Crippen molar-refractivity contribution in [2.24, 2.45) is 5.92 Å². The Hall–Kier alpha value is -3.22. The maximum atomic E-state index is 13.1. The SMILES string of the molecule is Cc1cc2nc(C)c(CCC(=O)N3CCC(C(=O)N4CCc5ccccc5C4)CC3)c(C)n2n1. The van der Waals surface area contributed by atoms with Crippen molar-refractivity contribution in [3.05, 3.63) is 64.1 Å². The molecule has 1 fully saturated rings. The number of carbonyl (C=O) groups excluding carboxylic acids is 2. The first-order valence-electron chi connectivity index (χ1n) is 12.4. The number of likely N-dealkylation sites (tertiary alicyclic amines) is 1. The highest BCUT2D eigenvalue weighted by Crippen LogP contribution is 2.25. The minimum absolute atomic E-state index is 0.0217. The van der Waals surface area contributed by atoms with Gasteiger partial charge < -0.3 is 9.80 Å². The number of amides is 2. The zero-order valence-electron chi connectivity index (χ0n) is 20.4. The molecule has 2 aliphatic rings. The Balaban J connectivity index is 1.15. The van der Waals surface area contributed by atoms with Crippen LogP contribution in [0.2, 0.25) is 0 Å². The molecule has 0 aliphatic carbocycles. The highest BCUT2D eigenvalue weighted by molar-refractivity contribution is 5.80. The molecule has 0 spiro atoms. The molecule has 4 heterocycles. The Morgan fingerprint density at radius 1 is 1.00 bits per heavy atom. The van der Waals surface area contributed by atoms with E-state index in [-0.39, 0.29) is 17.7 Å². The van der Waals surface area contributed by atoms with Crippen LogP contribution in [-0.2, 0) is 29.0 Å². The van der Waals surface area contributed by atoms with Gasteiger partial charge in [0, 0.05) is 56.0 Å². The van der Waals surface area contributed by atoms with Crippen molar-refractivity contribution in [2.45, 2.75) is 59.4 Å². The van der Waals surface area contributed by atoms with Crippen molar-refractivity contribution in [2.75, 3.05) is 19.6 Å².